The topological polar surface area (TPSA) is 75.3 Å². The number of carbonyl (C=O) groups excluding carboxylic acids is 1. The Morgan fingerprint density at radius 1 is 1.28 bits per heavy atom. The zero-order valence-corrected chi connectivity index (χ0v) is 16.1. The lowest BCUT2D eigenvalue weighted by atomic mass is 10.2. The van der Waals surface area contributed by atoms with Gasteiger partial charge in [-0.15, -0.1) is 0 Å². The number of thioether (sulfide) groups is 1. The zero-order valence-electron chi connectivity index (χ0n) is 14.5. The predicted molar refractivity (Wildman–Crippen MR) is 105 cm³/mol. The summed E-state index contributed by atoms with van der Waals surface area (Å²) in [6.07, 6.45) is 8.12. The van der Waals surface area contributed by atoms with Gasteiger partial charge in [0.05, 0.1) is 0 Å². The van der Waals surface area contributed by atoms with Crippen LogP contribution in [0.2, 0.25) is 0 Å². The third kappa shape index (κ3) is 7.22. The summed E-state index contributed by atoms with van der Waals surface area (Å²) in [5, 5.41) is 4.11. The molecule has 1 aliphatic carbocycles. The molecule has 1 atom stereocenters. The predicted octanol–water partition coefficient (Wildman–Crippen LogP) is 2.76. The number of benzene rings is 1. The first-order valence-corrected chi connectivity index (χ1v) is 11.5. The molecule has 0 aromatic heterocycles. The smallest absolute Gasteiger partial charge is 0.238 e. The van der Waals surface area contributed by atoms with Crippen LogP contribution >= 0.6 is 11.8 Å². The highest BCUT2D eigenvalue weighted by molar-refractivity contribution is 7.98. The van der Waals surface area contributed by atoms with Crippen molar-refractivity contribution >= 4 is 33.8 Å². The van der Waals surface area contributed by atoms with Crippen LogP contribution in [0.25, 0.3) is 6.08 Å². The van der Waals surface area contributed by atoms with Gasteiger partial charge in [0.2, 0.25) is 15.9 Å². The van der Waals surface area contributed by atoms with Gasteiger partial charge in [0.1, 0.15) is 6.04 Å². The van der Waals surface area contributed by atoms with Crippen LogP contribution in [-0.4, -0.2) is 38.4 Å². The highest BCUT2D eigenvalue weighted by Crippen LogP contribution is 2.18. The van der Waals surface area contributed by atoms with Gasteiger partial charge in [-0.2, -0.15) is 16.5 Å². The van der Waals surface area contributed by atoms with Crippen LogP contribution in [0.1, 0.15) is 37.7 Å². The van der Waals surface area contributed by atoms with Crippen LogP contribution in [0.3, 0.4) is 0 Å². The Balaban J connectivity index is 2.00. The third-order valence-corrected chi connectivity index (χ3v) is 5.93. The molecule has 1 amide bonds. The SMILES string of the molecule is CSCCC(NS(=O)(=O)/C=C/c1ccccc1)C(=O)NC1CCCC1. The van der Waals surface area contributed by atoms with E-state index in [2.05, 4.69) is 10.0 Å². The van der Waals surface area contributed by atoms with Crippen LogP contribution in [0.4, 0.5) is 0 Å². The van der Waals surface area contributed by atoms with E-state index in [0.29, 0.717) is 12.2 Å². The van der Waals surface area contributed by atoms with E-state index in [1.165, 1.54) is 6.08 Å². The molecule has 1 aromatic rings. The molecule has 0 spiro atoms. The van der Waals surface area contributed by atoms with E-state index in [0.717, 1.165) is 36.7 Å². The highest BCUT2D eigenvalue weighted by atomic mass is 32.2. The van der Waals surface area contributed by atoms with Crippen molar-refractivity contribution in [1.82, 2.24) is 10.0 Å². The Kier molecular flexibility index (Phi) is 7.99. The maximum atomic E-state index is 12.5. The molecule has 1 unspecified atom stereocenters. The molecule has 1 fully saturated rings. The lowest BCUT2D eigenvalue weighted by Crippen LogP contribution is -2.48. The number of hydrogen-bond acceptors (Lipinski definition) is 4. The summed E-state index contributed by atoms with van der Waals surface area (Å²) in [6.45, 7) is 0. The Morgan fingerprint density at radius 3 is 2.60 bits per heavy atom. The van der Waals surface area contributed by atoms with E-state index < -0.39 is 16.1 Å². The maximum absolute atomic E-state index is 12.5. The number of carbonyl (C=O) groups is 1. The van der Waals surface area contributed by atoms with E-state index in [1.807, 2.05) is 36.6 Å². The second-order valence-electron chi connectivity index (χ2n) is 6.20. The van der Waals surface area contributed by atoms with Gasteiger partial charge in [0, 0.05) is 11.4 Å². The molecule has 0 bridgehead atoms. The number of amides is 1. The third-order valence-electron chi connectivity index (χ3n) is 4.17. The first-order valence-electron chi connectivity index (χ1n) is 8.55. The van der Waals surface area contributed by atoms with Gasteiger partial charge in [0.25, 0.3) is 0 Å². The number of sulfonamides is 1. The van der Waals surface area contributed by atoms with E-state index in [-0.39, 0.29) is 11.9 Å². The fourth-order valence-corrected chi connectivity index (χ4v) is 4.33. The summed E-state index contributed by atoms with van der Waals surface area (Å²) in [5.41, 5.74) is 0.795. The first kappa shape index (κ1) is 20.0. The molecular weight excluding hydrogens is 356 g/mol. The van der Waals surface area contributed by atoms with Crippen molar-refractivity contribution in [3.63, 3.8) is 0 Å². The minimum Gasteiger partial charge on any atom is -0.352 e. The van der Waals surface area contributed by atoms with Crippen LogP contribution in [0, 0.1) is 0 Å². The Hall–Kier alpha value is -1.31. The number of hydrogen-bond donors (Lipinski definition) is 2. The monoisotopic (exact) mass is 382 g/mol. The van der Waals surface area contributed by atoms with E-state index in [9.17, 15) is 13.2 Å². The fraction of sp³-hybridized carbons (Fsp3) is 0.500. The molecular formula is C18H26N2O3S2. The molecule has 0 radical (unpaired) electrons. The van der Waals surface area contributed by atoms with Crippen molar-refractivity contribution in [2.45, 2.75) is 44.2 Å². The summed E-state index contributed by atoms with van der Waals surface area (Å²) in [7, 11) is -3.69. The molecule has 5 nitrogen and oxygen atoms in total. The standard InChI is InChI=1S/C18H26N2O3S2/c1-24-13-11-17(18(21)19-16-9-5-6-10-16)20-25(22,23)14-12-15-7-3-2-4-8-15/h2-4,7-8,12,14,16-17,20H,5-6,9-11,13H2,1H3,(H,19,21)/b14-12+. The lowest BCUT2D eigenvalue weighted by molar-refractivity contribution is -0.123. The molecule has 0 saturated heterocycles. The molecule has 138 valence electrons. The van der Waals surface area contributed by atoms with Gasteiger partial charge < -0.3 is 5.32 Å². The summed E-state index contributed by atoms with van der Waals surface area (Å²) in [5.74, 6) is 0.492. The summed E-state index contributed by atoms with van der Waals surface area (Å²) in [4.78, 5) is 12.5. The van der Waals surface area contributed by atoms with Crippen molar-refractivity contribution in [3.05, 3.63) is 41.3 Å². The molecule has 0 heterocycles. The van der Waals surface area contributed by atoms with Crippen molar-refractivity contribution < 1.29 is 13.2 Å². The summed E-state index contributed by atoms with van der Waals surface area (Å²) < 4.78 is 27.2. The van der Waals surface area contributed by atoms with Gasteiger partial charge >= 0.3 is 0 Å². The molecule has 1 saturated carbocycles. The van der Waals surface area contributed by atoms with Gasteiger partial charge in [0.15, 0.2) is 0 Å². The molecule has 1 aromatic carbocycles. The first-order chi connectivity index (χ1) is 12.0. The van der Waals surface area contributed by atoms with E-state index >= 15 is 0 Å². The quantitative estimate of drug-likeness (QED) is 0.689. The van der Waals surface area contributed by atoms with Crippen molar-refractivity contribution in [3.8, 4) is 0 Å². The molecule has 2 N–H and O–H groups in total. The lowest BCUT2D eigenvalue weighted by Gasteiger charge is -2.20. The molecule has 0 aliphatic heterocycles. The van der Waals surface area contributed by atoms with Crippen LogP contribution in [-0.2, 0) is 14.8 Å². The van der Waals surface area contributed by atoms with Crippen molar-refractivity contribution in [2.24, 2.45) is 0 Å². The second-order valence-corrected chi connectivity index (χ2v) is 8.78. The number of rotatable bonds is 9. The highest BCUT2D eigenvalue weighted by Gasteiger charge is 2.26. The largest absolute Gasteiger partial charge is 0.352 e. The van der Waals surface area contributed by atoms with E-state index in [1.54, 1.807) is 11.8 Å². The Labute approximate surface area is 154 Å². The van der Waals surface area contributed by atoms with Crippen LogP contribution < -0.4 is 10.0 Å². The Bertz CT molecular complexity index is 669. The summed E-state index contributed by atoms with van der Waals surface area (Å²) >= 11 is 1.59. The molecule has 7 heteroatoms. The van der Waals surface area contributed by atoms with Gasteiger partial charge in [-0.05, 0) is 42.9 Å². The minimum absolute atomic E-state index is 0.175. The van der Waals surface area contributed by atoms with Gasteiger partial charge in [-0.25, -0.2) is 8.42 Å². The van der Waals surface area contributed by atoms with E-state index in [4.69, 9.17) is 0 Å². The normalized spacial score (nSPS) is 17.0. The van der Waals surface area contributed by atoms with Gasteiger partial charge in [-0.3, -0.25) is 4.79 Å². The minimum atomic E-state index is -3.69. The molecule has 1 aliphatic rings. The van der Waals surface area contributed by atoms with Gasteiger partial charge in [-0.1, -0.05) is 43.2 Å². The number of nitrogens with one attached hydrogen (secondary N) is 2. The Morgan fingerprint density at radius 2 is 1.96 bits per heavy atom. The second kappa shape index (κ2) is 9.99. The van der Waals surface area contributed by atoms with Crippen LogP contribution in [0.5, 0.6) is 0 Å². The van der Waals surface area contributed by atoms with Crippen molar-refractivity contribution in [1.29, 1.82) is 0 Å². The fourth-order valence-electron chi connectivity index (χ4n) is 2.82. The summed E-state index contributed by atoms with van der Waals surface area (Å²) in [6, 6.07) is 8.64. The van der Waals surface area contributed by atoms with Crippen molar-refractivity contribution in [2.75, 3.05) is 12.0 Å². The average Bonchev–Trinajstić information content (AvgIpc) is 3.10. The maximum Gasteiger partial charge on any atom is 0.238 e. The zero-order chi connectivity index (χ0) is 18.1. The van der Waals surface area contributed by atoms with Crippen LogP contribution in [0.15, 0.2) is 35.7 Å². The molecule has 2 rings (SSSR count). The molecule has 25 heavy (non-hydrogen) atoms. The average molecular weight is 383 g/mol.